The number of ether oxygens (including phenoxy) is 3. The van der Waals surface area contributed by atoms with Gasteiger partial charge in [-0.25, -0.2) is 4.79 Å². The average Bonchev–Trinajstić information content (AvgIpc) is 3.25. The Balaban J connectivity index is 1.22. The monoisotopic (exact) mass is 503 g/mol. The second-order valence-corrected chi connectivity index (χ2v) is 11.4. The molecule has 2 saturated heterocycles. The fraction of sp³-hybridized carbons (Fsp3) is 0.533. The van der Waals surface area contributed by atoms with Crippen LogP contribution in [0.15, 0.2) is 42.5 Å². The van der Waals surface area contributed by atoms with Gasteiger partial charge in [0.1, 0.15) is 11.6 Å². The molecule has 37 heavy (non-hydrogen) atoms. The Kier molecular flexibility index (Phi) is 7.52. The minimum Gasteiger partial charge on any atom is -0.444 e. The van der Waals surface area contributed by atoms with Gasteiger partial charge in [0, 0.05) is 6.42 Å². The third-order valence-electron chi connectivity index (χ3n) is 7.58. The Morgan fingerprint density at radius 1 is 1.14 bits per heavy atom. The Labute approximate surface area is 219 Å². The fourth-order valence-electron chi connectivity index (χ4n) is 5.50. The molecule has 3 heterocycles. The van der Waals surface area contributed by atoms with Crippen molar-refractivity contribution in [2.45, 2.75) is 70.4 Å². The molecule has 1 amide bonds. The van der Waals surface area contributed by atoms with Crippen LogP contribution in [0.3, 0.4) is 0 Å². The van der Waals surface area contributed by atoms with Gasteiger partial charge in [0.2, 0.25) is 0 Å². The van der Waals surface area contributed by atoms with Gasteiger partial charge in [-0.3, -0.25) is 4.90 Å². The van der Waals surface area contributed by atoms with Crippen molar-refractivity contribution in [3.63, 3.8) is 0 Å². The Morgan fingerprint density at radius 3 is 2.46 bits per heavy atom. The summed E-state index contributed by atoms with van der Waals surface area (Å²) in [7, 11) is 0. The lowest BCUT2D eigenvalue weighted by Crippen LogP contribution is -2.52. The Bertz CT molecular complexity index is 1140. The molecule has 0 bridgehead atoms. The van der Waals surface area contributed by atoms with Gasteiger partial charge in [-0.2, -0.15) is 5.26 Å². The van der Waals surface area contributed by atoms with Crippen LogP contribution in [-0.4, -0.2) is 55.0 Å². The van der Waals surface area contributed by atoms with E-state index in [1.165, 1.54) is 16.7 Å². The molecule has 1 N–H and O–H groups in total. The molecule has 0 saturated carbocycles. The molecule has 7 heteroatoms. The van der Waals surface area contributed by atoms with Gasteiger partial charge in [0.05, 0.1) is 38.0 Å². The first kappa shape index (κ1) is 25.7. The van der Waals surface area contributed by atoms with Crippen LogP contribution in [0.1, 0.15) is 56.4 Å². The summed E-state index contributed by atoms with van der Waals surface area (Å²) in [6.07, 6.45) is 2.34. The third-order valence-corrected chi connectivity index (χ3v) is 7.58. The summed E-state index contributed by atoms with van der Waals surface area (Å²) in [6.45, 7) is 10.1. The molecular weight excluding hydrogens is 466 g/mol. The van der Waals surface area contributed by atoms with Gasteiger partial charge in [-0.05, 0) is 86.5 Å². The smallest absolute Gasteiger partial charge is 0.408 e. The number of amides is 1. The molecule has 1 unspecified atom stereocenters. The van der Waals surface area contributed by atoms with Crippen LogP contribution in [0, 0.1) is 17.2 Å². The molecule has 5 rings (SSSR count). The lowest BCUT2D eigenvalue weighted by molar-refractivity contribution is -0.0831. The van der Waals surface area contributed by atoms with E-state index in [1.54, 1.807) is 20.8 Å². The minimum absolute atomic E-state index is 0.171. The Hall–Kier alpha value is -2.92. The molecule has 0 spiro atoms. The van der Waals surface area contributed by atoms with Crippen molar-refractivity contribution in [3.05, 3.63) is 59.2 Å². The van der Waals surface area contributed by atoms with Gasteiger partial charge >= 0.3 is 6.09 Å². The first-order valence-corrected chi connectivity index (χ1v) is 13.3. The van der Waals surface area contributed by atoms with Crippen molar-refractivity contribution in [2.24, 2.45) is 5.92 Å². The van der Waals surface area contributed by atoms with Crippen LogP contribution >= 0.6 is 0 Å². The maximum Gasteiger partial charge on any atom is 0.408 e. The molecule has 7 nitrogen and oxygen atoms in total. The zero-order valence-electron chi connectivity index (χ0n) is 22.0. The van der Waals surface area contributed by atoms with Gasteiger partial charge < -0.3 is 19.5 Å². The molecule has 0 aromatic heterocycles. The third kappa shape index (κ3) is 6.15. The topological polar surface area (TPSA) is 83.8 Å². The molecule has 3 aliphatic rings. The maximum atomic E-state index is 12.1. The van der Waals surface area contributed by atoms with Gasteiger partial charge in [0.25, 0.3) is 0 Å². The maximum absolute atomic E-state index is 12.1. The number of nitrogens with zero attached hydrogens (tertiary/aromatic N) is 2. The van der Waals surface area contributed by atoms with E-state index in [2.05, 4.69) is 46.6 Å². The van der Waals surface area contributed by atoms with Crippen molar-refractivity contribution in [1.82, 2.24) is 10.2 Å². The molecule has 2 aromatic carbocycles. The summed E-state index contributed by atoms with van der Waals surface area (Å²) in [5, 5.41) is 12.2. The van der Waals surface area contributed by atoms with E-state index in [4.69, 9.17) is 14.2 Å². The molecule has 0 radical (unpaired) electrons. The molecular formula is C30H37N3O4. The summed E-state index contributed by atoms with van der Waals surface area (Å²) in [6, 6.07) is 17.0. The van der Waals surface area contributed by atoms with Crippen LogP contribution in [0.5, 0.6) is 0 Å². The number of carbonyl (C=O) groups excluding carboxylic acids is 1. The number of nitriles is 1. The van der Waals surface area contributed by atoms with Gasteiger partial charge in [-0.1, -0.05) is 36.4 Å². The number of hydrogen-bond acceptors (Lipinski definition) is 6. The fourth-order valence-corrected chi connectivity index (χ4v) is 5.50. The number of rotatable bonds is 6. The highest BCUT2D eigenvalue weighted by Crippen LogP contribution is 2.42. The standard InChI is InChI=1S/C30H37N3O4/c1-30(2,3)37-29(34)32-25(16-31)14-20-4-6-21(7-5-20)23-8-9-24-17-36-28(27(24)15-23)22-10-12-33(13-11-22)26-18-35-19-26/h4-9,15,22,25-26,28H,10-14,17-19H2,1-3H3,(H,32,34)/t25-,28?/m0/s1. The summed E-state index contributed by atoms with van der Waals surface area (Å²) >= 11 is 0. The summed E-state index contributed by atoms with van der Waals surface area (Å²) in [4.78, 5) is 14.6. The van der Waals surface area contributed by atoms with Crippen LogP contribution in [-0.2, 0) is 27.2 Å². The predicted octanol–water partition coefficient (Wildman–Crippen LogP) is 5.00. The van der Waals surface area contributed by atoms with E-state index in [0.717, 1.165) is 50.3 Å². The second kappa shape index (κ2) is 10.8. The predicted molar refractivity (Wildman–Crippen MR) is 141 cm³/mol. The normalized spacial score (nSPS) is 21.5. The number of nitrogens with one attached hydrogen (secondary N) is 1. The Morgan fingerprint density at radius 2 is 1.84 bits per heavy atom. The molecule has 0 aliphatic carbocycles. The highest BCUT2D eigenvalue weighted by Gasteiger charge is 2.36. The first-order valence-electron chi connectivity index (χ1n) is 13.3. The summed E-state index contributed by atoms with van der Waals surface area (Å²) in [5.74, 6) is 0.552. The average molecular weight is 504 g/mol. The van der Waals surface area contributed by atoms with Crippen molar-refractivity contribution < 1.29 is 19.0 Å². The number of piperidine rings is 1. The highest BCUT2D eigenvalue weighted by atomic mass is 16.6. The van der Waals surface area contributed by atoms with E-state index < -0.39 is 17.7 Å². The number of fused-ring (bicyclic) bond motifs is 1. The van der Waals surface area contributed by atoms with Crippen LogP contribution < -0.4 is 5.32 Å². The number of hydrogen-bond donors (Lipinski definition) is 1. The quantitative estimate of drug-likeness (QED) is 0.598. The van der Waals surface area contributed by atoms with E-state index >= 15 is 0 Å². The zero-order chi connectivity index (χ0) is 26.0. The number of carbonyl (C=O) groups is 1. The molecule has 2 aromatic rings. The summed E-state index contributed by atoms with van der Waals surface area (Å²) < 4.78 is 17.0. The lowest BCUT2D eigenvalue weighted by atomic mass is 9.85. The van der Waals surface area contributed by atoms with Crippen LogP contribution in [0.25, 0.3) is 11.1 Å². The molecule has 2 fully saturated rings. The molecule has 196 valence electrons. The van der Waals surface area contributed by atoms with E-state index in [0.29, 0.717) is 25.0 Å². The van der Waals surface area contributed by atoms with Crippen molar-refractivity contribution in [1.29, 1.82) is 5.26 Å². The zero-order valence-corrected chi connectivity index (χ0v) is 22.0. The first-order chi connectivity index (χ1) is 17.8. The minimum atomic E-state index is -0.651. The molecule has 3 aliphatic heterocycles. The van der Waals surface area contributed by atoms with Crippen molar-refractivity contribution >= 4 is 6.09 Å². The van der Waals surface area contributed by atoms with Crippen molar-refractivity contribution in [3.8, 4) is 17.2 Å². The summed E-state index contributed by atoms with van der Waals surface area (Å²) in [5.41, 5.74) is 5.31. The number of alkyl carbamates (subject to hydrolysis) is 1. The molecule has 2 atom stereocenters. The van der Waals surface area contributed by atoms with Gasteiger partial charge in [-0.15, -0.1) is 0 Å². The van der Waals surface area contributed by atoms with Crippen LogP contribution in [0.4, 0.5) is 4.79 Å². The number of benzene rings is 2. The second-order valence-electron chi connectivity index (χ2n) is 11.4. The van der Waals surface area contributed by atoms with Crippen LogP contribution in [0.2, 0.25) is 0 Å². The lowest BCUT2D eigenvalue weighted by Gasteiger charge is -2.42. The highest BCUT2D eigenvalue weighted by molar-refractivity contribution is 5.69. The van der Waals surface area contributed by atoms with E-state index in [-0.39, 0.29) is 6.10 Å². The van der Waals surface area contributed by atoms with Gasteiger partial charge in [0.15, 0.2) is 0 Å². The largest absolute Gasteiger partial charge is 0.444 e. The van der Waals surface area contributed by atoms with E-state index in [9.17, 15) is 10.1 Å². The number of likely N-dealkylation sites (tertiary alicyclic amines) is 1. The van der Waals surface area contributed by atoms with E-state index in [1.807, 2.05) is 12.1 Å². The van der Waals surface area contributed by atoms with Crippen molar-refractivity contribution in [2.75, 3.05) is 26.3 Å². The SMILES string of the molecule is CC(C)(C)OC(=O)N[C@H](C#N)Cc1ccc(-c2ccc3c(c2)C(C2CCN(C4COC4)CC2)OC3)cc1.